The zero-order chi connectivity index (χ0) is 43.8. The summed E-state index contributed by atoms with van der Waals surface area (Å²) in [5, 5.41) is 0. The normalized spacial score (nSPS) is 10.8. The zero-order valence-electron chi connectivity index (χ0n) is 36.4. The molecular formula is C57H56N2O4. The number of rotatable bonds is 20. The second kappa shape index (κ2) is 22.1. The van der Waals surface area contributed by atoms with E-state index in [4.69, 9.17) is 9.47 Å². The number of nitrogens with zero attached hydrogens (tertiary/aromatic N) is 2. The first kappa shape index (κ1) is 43.9. The topological polar surface area (TPSA) is 59.1 Å². The van der Waals surface area contributed by atoms with Crippen LogP contribution in [0.5, 0.6) is 5.75 Å². The van der Waals surface area contributed by atoms with Crippen LogP contribution in [0.25, 0.3) is 17.2 Å². The summed E-state index contributed by atoms with van der Waals surface area (Å²) in [7, 11) is 0. The SMILES string of the molecule is C=Cc1ccc(OC(=O)CCC(=O)OCc2ccc(N(c3ccc(CCCC)cc3)c3ccc(-c4ccc(N(c5ccccc5)c5ccc(CCCC)cc5)cc4)cc3)cc2)cc1. The van der Waals surface area contributed by atoms with Gasteiger partial charge in [0.15, 0.2) is 0 Å². The monoisotopic (exact) mass is 832 g/mol. The Hall–Kier alpha value is -7.18. The molecule has 0 heterocycles. The Bertz CT molecular complexity index is 2510. The van der Waals surface area contributed by atoms with Crippen molar-refractivity contribution < 1.29 is 19.1 Å². The number of para-hydroxylation sites is 1. The van der Waals surface area contributed by atoms with Gasteiger partial charge in [-0.05, 0) is 144 Å². The number of carbonyl (C=O) groups excluding carboxylic acids is 2. The second-order valence-corrected chi connectivity index (χ2v) is 15.7. The Balaban J connectivity index is 1.05. The van der Waals surface area contributed by atoms with Gasteiger partial charge in [0.1, 0.15) is 12.4 Å². The van der Waals surface area contributed by atoms with Gasteiger partial charge < -0.3 is 19.3 Å². The lowest BCUT2D eigenvalue weighted by molar-refractivity contribution is -0.148. The van der Waals surface area contributed by atoms with Crippen molar-refractivity contribution in [2.24, 2.45) is 0 Å². The molecule has 0 aliphatic heterocycles. The third-order valence-electron chi connectivity index (χ3n) is 11.1. The van der Waals surface area contributed by atoms with E-state index in [1.54, 1.807) is 18.2 Å². The van der Waals surface area contributed by atoms with Gasteiger partial charge in [0.2, 0.25) is 0 Å². The maximum Gasteiger partial charge on any atom is 0.311 e. The summed E-state index contributed by atoms with van der Waals surface area (Å²) < 4.78 is 10.9. The molecule has 63 heavy (non-hydrogen) atoms. The molecule has 0 unspecified atom stereocenters. The molecule has 7 aromatic carbocycles. The van der Waals surface area contributed by atoms with Gasteiger partial charge in [-0.2, -0.15) is 0 Å². The van der Waals surface area contributed by atoms with Crippen LogP contribution in [0, 0.1) is 0 Å². The van der Waals surface area contributed by atoms with Crippen molar-refractivity contribution in [1.29, 1.82) is 0 Å². The van der Waals surface area contributed by atoms with Crippen LogP contribution in [0.15, 0.2) is 183 Å². The average molecular weight is 833 g/mol. The van der Waals surface area contributed by atoms with Crippen molar-refractivity contribution in [1.82, 2.24) is 0 Å². The van der Waals surface area contributed by atoms with E-state index in [0.29, 0.717) is 5.75 Å². The fourth-order valence-corrected chi connectivity index (χ4v) is 7.50. The summed E-state index contributed by atoms with van der Waals surface area (Å²) in [5.41, 5.74) is 13.1. The number of hydrogen-bond acceptors (Lipinski definition) is 6. The van der Waals surface area contributed by atoms with E-state index >= 15 is 0 Å². The highest BCUT2D eigenvalue weighted by Gasteiger charge is 2.16. The lowest BCUT2D eigenvalue weighted by Gasteiger charge is -2.26. The molecule has 0 aliphatic carbocycles. The van der Waals surface area contributed by atoms with E-state index in [0.717, 1.165) is 82.1 Å². The van der Waals surface area contributed by atoms with Crippen molar-refractivity contribution >= 4 is 52.1 Å². The van der Waals surface area contributed by atoms with Gasteiger partial charge in [-0.1, -0.05) is 130 Å². The number of anilines is 6. The molecule has 0 aliphatic rings. The molecule has 7 rings (SSSR count). The minimum Gasteiger partial charge on any atom is -0.461 e. The van der Waals surface area contributed by atoms with E-state index < -0.39 is 11.9 Å². The maximum absolute atomic E-state index is 12.6. The van der Waals surface area contributed by atoms with Gasteiger partial charge in [0.05, 0.1) is 12.8 Å². The Morgan fingerprint density at radius 1 is 0.476 bits per heavy atom. The summed E-state index contributed by atoms with van der Waals surface area (Å²) in [6.45, 7) is 8.28. The molecule has 0 radical (unpaired) electrons. The number of unbranched alkanes of at least 4 members (excludes halogenated alkanes) is 2. The molecule has 0 N–H and O–H groups in total. The van der Waals surface area contributed by atoms with Gasteiger partial charge in [-0.3, -0.25) is 9.59 Å². The standard InChI is InChI=1S/C57H56N2O4/c1-4-7-12-44-16-28-50(29-17-44)58(49-14-10-9-11-15-49)53-34-24-47(25-35-53)48-26-36-54(37-27-48)59(51-30-18-45(19-31-51)13-8-5-2)52-32-20-46(21-33-52)42-62-56(60)40-41-57(61)63-55-38-22-43(6-3)23-39-55/h6,9-11,14-39H,3-5,7-8,12-13,40-42H2,1-2H3. The highest BCUT2D eigenvalue weighted by molar-refractivity contribution is 5.81. The number of carbonyl (C=O) groups is 2. The maximum atomic E-state index is 12.6. The van der Waals surface area contributed by atoms with Crippen LogP contribution < -0.4 is 14.5 Å². The molecular weight excluding hydrogens is 777 g/mol. The van der Waals surface area contributed by atoms with E-state index in [1.807, 2.05) is 36.4 Å². The van der Waals surface area contributed by atoms with Gasteiger partial charge in [0.25, 0.3) is 0 Å². The van der Waals surface area contributed by atoms with Crippen molar-refractivity contribution in [3.63, 3.8) is 0 Å². The van der Waals surface area contributed by atoms with Crippen LogP contribution in [0.2, 0.25) is 0 Å². The molecule has 6 nitrogen and oxygen atoms in total. The molecule has 0 atom stereocenters. The molecule has 6 heteroatoms. The van der Waals surface area contributed by atoms with E-state index in [2.05, 4.69) is 158 Å². The smallest absolute Gasteiger partial charge is 0.311 e. The third-order valence-corrected chi connectivity index (χ3v) is 11.1. The fraction of sp³-hybridized carbons (Fsp3) is 0.193. The summed E-state index contributed by atoms with van der Waals surface area (Å²) in [6, 6.07) is 60.9. The lowest BCUT2D eigenvalue weighted by atomic mass is 10.0. The van der Waals surface area contributed by atoms with E-state index in [9.17, 15) is 9.59 Å². The molecule has 0 bridgehead atoms. The zero-order valence-corrected chi connectivity index (χ0v) is 36.4. The van der Waals surface area contributed by atoms with Crippen LogP contribution >= 0.6 is 0 Å². The Morgan fingerprint density at radius 3 is 1.30 bits per heavy atom. The minimum absolute atomic E-state index is 0.0659. The fourth-order valence-electron chi connectivity index (χ4n) is 7.50. The highest BCUT2D eigenvalue weighted by atomic mass is 16.5. The van der Waals surface area contributed by atoms with Crippen LogP contribution in [0.1, 0.15) is 74.6 Å². The molecule has 0 amide bonds. The molecule has 0 aromatic heterocycles. The van der Waals surface area contributed by atoms with E-state index in [-0.39, 0.29) is 19.4 Å². The summed E-state index contributed by atoms with van der Waals surface area (Å²) in [6.07, 6.45) is 8.42. The van der Waals surface area contributed by atoms with Gasteiger partial charge in [-0.15, -0.1) is 0 Å². The Labute approximate surface area is 373 Å². The summed E-state index contributed by atoms with van der Waals surface area (Å²) in [5.74, 6) is -0.525. The molecule has 318 valence electrons. The largest absolute Gasteiger partial charge is 0.461 e. The quantitative estimate of drug-likeness (QED) is 0.0563. The summed E-state index contributed by atoms with van der Waals surface area (Å²) >= 11 is 0. The number of esters is 2. The Kier molecular flexibility index (Phi) is 15.4. The second-order valence-electron chi connectivity index (χ2n) is 15.7. The molecule has 0 fully saturated rings. The van der Waals surface area contributed by atoms with Gasteiger partial charge >= 0.3 is 11.9 Å². The van der Waals surface area contributed by atoms with Gasteiger partial charge in [0, 0.05) is 34.1 Å². The average Bonchev–Trinajstić information content (AvgIpc) is 3.34. The van der Waals surface area contributed by atoms with Crippen molar-refractivity contribution in [2.45, 2.75) is 71.8 Å². The van der Waals surface area contributed by atoms with E-state index in [1.165, 1.54) is 24.0 Å². The van der Waals surface area contributed by atoms with Crippen molar-refractivity contribution in [3.8, 4) is 16.9 Å². The van der Waals surface area contributed by atoms with Crippen molar-refractivity contribution in [2.75, 3.05) is 9.80 Å². The highest BCUT2D eigenvalue weighted by Crippen LogP contribution is 2.38. The van der Waals surface area contributed by atoms with Gasteiger partial charge in [-0.25, -0.2) is 0 Å². The number of ether oxygens (including phenoxy) is 2. The Morgan fingerprint density at radius 2 is 0.873 bits per heavy atom. The first-order valence-electron chi connectivity index (χ1n) is 22.1. The predicted octanol–water partition coefficient (Wildman–Crippen LogP) is 15.1. The predicted molar refractivity (Wildman–Crippen MR) is 260 cm³/mol. The summed E-state index contributed by atoms with van der Waals surface area (Å²) in [4.78, 5) is 29.5. The first-order chi connectivity index (χ1) is 30.9. The lowest BCUT2D eigenvalue weighted by Crippen LogP contribution is -2.12. The number of hydrogen-bond donors (Lipinski definition) is 0. The van der Waals surface area contributed by atoms with Crippen molar-refractivity contribution in [3.05, 3.63) is 205 Å². The van der Waals surface area contributed by atoms with Crippen LogP contribution in [-0.4, -0.2) is 11.9 Å². The first-order valence-corrected chi connectivity index (χ1v) is 22.1. The third kappa shape index (κ3) is 12.0. The number of benzene rings is 7. The van der Waals surface area contributed by atoms with Crippen LogP contribution in [0.3, 0.4) is 0 Å². The van der Waals surface area contributed by atoms with Crippen LogP contribution in [-0.2, 0) is 33.8 Å². The molecule has 0 spiro atoms. The molecule has 0 saturated carbocycles. The number of aryl methyl sites for hydroxylation is 2. The molecule has 0 saturated heterocycles. The van der Waals surface area contributed by atoms with Crippen LogP contribution in [0.4, 0.5) is 34.1 Å². The minimum atomic E-state index is -0.489. The molecule has 7 aromatic rings.